The average molecular weight is 412 g/mol. The minimum Gasteiger partial charge on any atom is -0.381 e. The molecule has 0 aromatic rings. The first kappa shape index (κ1) is 23.9. The van der Waals surface area contributed by atoms with Gasteiger partial charge in [0.05, 0.1) is 18.1 Å². The number of piperidine rings is 1. The third-order valence-corrected chi connectivity index (χ3v) is 5.98. The zero-order valence-electron chi connectivity index (χ0n) is 15.7. The molecular formula is C18H35Cl2N3O3. The van der Waals surface area contributed by atoms with Crippen LogP contribution < -0.4 is 5.73 Å². The second kappa shape index (κ2) is 11.7. The van der Waals surface area contributed by atoms with Gasteiger partial charge in [0.15, 0.2) is 0 Å². The van der Waals surface area contributed by atoms with E-state index in [1.54, 1.807) is 0 Å². The molecule has 26 heavy (non-hydrogen) atoms. The van der Waals surface area contributed by atoms with Crippen LogP contribution in [-0.4, -0.2) is 80.9 Å². The molecule has 6 nitrogen and oxygen atoms in total. The monoisotopic (exact) mass is 411 g/mol. The quantitative estimate of drug-likeness (QED) is 0.719. The van der Waals surface area contributed by atoms with Crippen LogP contribution in [-0.2, 0) is 14.3 Å². The molecule has 0 atom stereocenters. The number of rotatable bonds is 6. The zero-order valence-corrected chi connectivity index (χ0v) is 17.3. The molecule has 2 N–H and O–H groups in total. The number of nitrogens with zero attached hydrogens (tertiary/aromatic N) is 2. The Balaban J connectivity index is 0.00000169. The molecule has 3 heterocycles. The summed E-state index contributed by atoms with van der Waals surface area (Å²) < 4.78 is 11.5. The van der Waals surface area contributed by atoms with Crippen LogP contribution in [0.25, 0.3) is 0 Å². The highest BCUT2D eigenvalue weighted by Crippen LogP contribution is 2.32. The number of carbonyl (C=O) groups excluding carboxylic acids is 1. The molecule has 0 aromatic carbocycles. The van der Waals surface area contributed by atoms with Crippen molar-refractivity contribution < 1.29 is 14.3 Å². The van der Waals surface area contributed by atoms with E-state index in [0.29, 0.717) is 25.9 Å². The summed E-state index contributed by atoms with van der Waals surface area (Å²) in [7, 11) is 0. The Morgan fingerprint density at radius 2 is 1.69 bits per heavy atom. The SMILES string of the molecule is Cl.Cl.NCC1(C(=O)N2CCC(OCCN3CCCC3)CC2)CCOCC1. The van der Waals surface area contributed by atoms with Gasteiger partial charge in [0.1, 0.15) is 0 Å². The Kier molecular flexibility index (Phi) is 10.7. The summed E-state index contributed by atoms with van der Waals surface area (Å²) >= 11 is 0. The predicted octanol–water partition coefficient (Wildman–Crippen LogP) is 1.69. The molecule has 0 spiro atoms. The van der Waals surface area contributed by atoms with E-state index in [9.17, 15) is 4.79 Å². The van der Waals surface area contributed by atoms with Crippen LogP contribution in [0.15, 0.2) is 0 Å². The van der Waals surface area contributed by atoms with Gasteiger partial charge in [0.2, 0.25) is 5.91 Å². The molecule has 154 valence electrons. The van der Waals surface area contributed by atoms with Gasteiger partial charge in [-0.1, -0.05) is 0 Å². The topological polar surface area (TPSA) is 68.0 Å². The normalized spacial score (nSPS) is 24.0. The molecule has 1 amide bonds. The second-order valence-electron chi connectivity index (χ2n) is 7.51. The molecule has 3 aliphatic rings. The minimum absolute atomic E-state index is 0. The Labute approximate surface area is 169 Å². The van der Waals surface area contributed by atoms with Gasteiger partial charge < -0.3 is 25.0 Å². The van der Waals surface area contributed by atoms with Crippen molar-refractivity contribution >= 4 is 30.7 Å². The van der Waals surface area contributed by atoms with Gasteiger partial charge >= 0.3 is 0 Å². The molecule has 3 saturated heterocycles. The van der Waals surface area contributed by atoms with Crippen LogP contribution in [0.3, 0.4) is 0 Å². The highest BCUT2D eigenvalue weighted by Gasteiger charge is 2.42. The smallest absolute Gasteiger partial charge is 0.230 e. The number of ether oxygens (including phenoxy) is 2. The number of likely N-dealkylation sites (tertiary alicyclic amines) is 2. The van der Waals surface area contributed by atoms with Crippen LogP contribution in [0.5, 0.6) is 0 Å². The van der Waals surface area contributed by atoms with E-state index >= 15 is 0 Å². The van der Waals surface area contributed by atoms with Crippen molar-refractivity contribution in [1.29, 1.82) is 0 Å². The Morgan fingerprint density at radius 1 is 1.08 bits per heavy atom. The summed E-state index contributed by atoms with van der Waals surface area (Å²) in [5.74, 6) is 0.240. The van der Waals surface area contributed by atoms with E-state index in [1.807, 2.05) is 4.90 Å². The number of halogens is 2. The van der Waals surface area contributed by atoms with Crippen LogP contribution in [0.4, 0.5) is 0 Å². The number of nitrogens with two attached hydrogens (primary N) is 1. The van der Waals surface area contributed by atoms with Crippen molar-refractivity contribution in [1.82, 2.24) is 9.80 Å². The van der Waals surface area contributed by atoms with Crippen molar-refractivity contribution in [2.75, 3.05) is 59.1 Å². The zero-order chi connectivity index (χ0) is 16.8. The molecule has 0 saturated carbocycles. The third-order valence-electron chi connectivity index (χ3n) is 5.98. The summed E-state index contributed by atoms with van der Waals surface area (Å²) in [6.45, 7) is 7.66. The second-order valence-corrected chi connectivity index (χ2v) is 7.51. The maximum Gasteiger partial charge on any atom is 0.230 e. The maximum atomic E-state index is 12.9. The largest absolute Gasteiger partial charge is 0.381 e. The van der Waals surface area contributed by atoms with Gasteiger partial charge in [-0.25, -0.2) is 0 Å². The number of amides is 1. The molecule has 8 heteroatoms. The number of hydrogen-bond acceptors (Lipinski definition) is 5. The van der Waals surface area contributed by atoms with E-state index < -0.39 is 0 Å². The molecule has 0 aromatic heterocycles. The van der Waals surface area contributed by atoms with Crippen molar-refractivity contribution in [3.05, 3.63) is 0 Å². The minimum atomic E-state index is -0.387. The van der Waals surface area contributed by atoms with Gasteiger partial charge in [-0.15, -0.1) is 24.8 Å². The fourth-order valence-electron chi connectivity index (χ4n) is 4.18. The van der Waals surface area contributed by atoms with Crippen LogP contribution in [0, 0.1) is 5.41 Å². The fraction of sp³-hybridized carbons (Fsp3) is 0.944. The molecule has 0 radical (unpaired) electrons. The third kappa shape index (κ3) is 5.94. The molecule has 3 fully saturated rings. The number of carbonyl (C=O) groups is 1. The van der Waals surface area contributed by atoms with Gasteiger partial charge in [-0.2, -0.15) is 0 Å². The summed E-state index contributed by atoms with van der Waals surface area (Å²) in [5.41, 5.74) is 5.58. The summed E-state index contributed by atoms with van der Waals surface area (Å²) in [6.07, 6.45) is 6.37. The fourth-order valence-corrected chi connectivity index (χ4v) is 4.18. The molecular weight excluding hydrogens is 377 g/mol. The van der Waals surface area contributed by atoms with Crippen molar-refractivity contribution in [3.8, 4) is 0 Å². The predicted molar refractivity (Wildman–Crippen MR) is 107 cm³/mol. The van der Waals surface area contributed by atoms with E-state index in [-0.39, 0.29) is 36.1 Å². The first-order chi connectivity index (χ1) is 11.7. The van der Waals surface area contributed by atoms with Gasteiger partial charge in [0.25, 0.3) is 0 Å². The highest BCUT2D eigenvalue weighted by atomic mass is 35.5. The van der Waals surface area contributed by atoms with E-state index in [4.69, 9.17) is 15.2 Å². The van der Waals surface area contributed by atoms with E-state index in [0.717, 1.165) is 51.9 Å². The molecule has 0 unspecified atom stereocenters. The Bertz CT molecular complexity index is 408. The summed E-state index contributed by atoms with van der Waals surface area (Å²) in [4.78, 5) is 17.4. The molecule has 3 aliphatic heterocycles. The van der Waals surface area contributed by atoms with Gasteiger partial charge in [-0.05, 0) is 51.6 Å². The Morgan fingerprint density at radius 3 is 2.27 bits per heavy atom. The maximum absolute atomic E-state index is 12.9. The van der Waals surface area contributed by atoms with E-state index in [2.05, 4.69) is 4.90 Å². The lowest BCUT2D eigenvalue weighted by molar-refractivity contribution is -0.149. The summed E-state index contributed by atoms with van der Waals surface area (Å²) in [5, 5.41) is 0. The first-order valence-electron chi connectivity index (χ1n) is 9.65. The van der Waals surface area contributed by atoms with Crippen molar-refractivity contribution in [3.63, 3.8) is 0 Å². The summed E-state index contributed by atoms with van der Waals surface area (Å²) in [6, 6.07) is 0. The van der Waals surface area contributed by atoms with E-state index in [1.165, 1.54) is 25.9 Å². The van der Waals surface area contributed by atoms with Crippen LogP contribution in [0.2, 0.25) is 0 Å². The van der Waals surface area contributed by atoms with Crippen LogP contribution >= 0.6 is 24.8 Å². The van der Waals surface area contributed by atoms with Gasteiger partial charge in [-0.3, -0.25) is 4.79 Å². The van der Waals surface area contributed by atoms with Crippen molar-refractivity contribution in [2.24, 2.45) is 11.1 Å². The highest BCUT2D eigenvalue weighted by molar-refractivity contribution is 5.85. The standard InChI is InChI=1S/C18H33N3O3.2ClH/c19-15-18(5-12-23-13-6-18)17(22)21-9-3-16(4-10-21)24-14-11-20-7-1-2-8-20;;/h16H,1-15,19H2;2*1H. The number of hydrogen-bond donors (Lipinski definition) is 1. The first-order valence-corrected chi connectivity index (χ1v) is 9.65. The van der Waals surface area contributed by atoms with Crippen molar-refractivity contribution in [2.45, 2.75) is 44.6 Å². The molecule has 0 aliphatic carbocycles. The molecule has 0 bridgehead atoms. The lowest BCUT2D eigenvalue weighted by Gasteiger charge is -2.41. The van der Waals surface area contributed by atoms with Crippen LogP contribution in [0.1, 0.15) is 38.5 Å². The Hall–Kier alpha value is -0.110. The molecule has 3 rings (SSSR count). The van der Waals surface area contributed by atoms with Gasteiger partial charge in [0, 0.05) is 39.4 Å². The lowest BCUT2D eigenvalue weighted by atomic mass is 9.78. The average Bonchev–Trinajstić information content (AvgIpc) is 3.16. The lowest BCUT2D eigenvalue weighted by Crippen LogP contribution is -2.53.